The molecular weight excluding hydrogens is 290 g/mol. The van der Waals surface area contributed by atoms with E-state index in [1.165, 1.54) is 24.8 Å². The molecule has 1 saturated carbocycles. The molecule has 120 valence electrons. The van der Waals surface area contributed by atoms with Gasteiger partial charge in [-0.1, -0.05) is 12.8 Å². The molecule has 0 N–H and O–H groups in total. The minimum Gasteiger partial charge on any atom is -0.493 e. The largest absolute Gasteiger partial charge is 0.493 e. The van der Waals surface area contributed by atoms with Crippen molar-refractivity contribution in [2.24, 2.45) is 4.99 Å². The highest BCUT2D eigenvalue weighted by atomic mass is 16.5. The molecule has 0 radical (unpaired) electrons. The van der Waals surface area contributed by atoms with E-state index in [4.69, 9.17) is 18.9 Å². The lowest BCUT2D eigenvalue weighted by atomic mass is 9.75. The van der Waals surface area contributed by atoms with Crippen LogP contribution in [0.3, 0.4) is 0 Å². The molecule has 2 aliphatic rings. The Labute approximate surface area is 136 Å². The third-order valence-corrected chi connectivity index (χ3v) is 5.03. The minimum absolute atomic E-state index is 0.360. The molecule has 1 aromatic carbocycles. The summed E-state index contributed by atoms with van der Waals surface area (Å²) in [5.41, 5.74) is 4.52. The highest BCUT2D eigenvalue weighted by Crippen LogP contribution is 2.44. The number of hydrogen-bond acceptors (Lipinski definition) is 4. The van der Waals surface area contributed by atoms with Gasteiger partial charge in [-0.15, -0.1) is 0 Å². The van der Waals surface area contributed by atoms with Crippen molar-refractivity contribution < 1.29 is 13.9 Å². The number of ether oxygens (including phenoxy) is 2. The van der Waals surface area contributed by atoms with Crippen LogP contribution in [0.15, 0.2) is 40.1 Å². The molecule has 0 saturated heterocycles. The second kappa shape index (κ2) is 5.76. The molecule has 1 fully saturated rings. The van der Waals surface area contributed by atoms with Crippen molar-refractivity contribution in [3.63, 3.8) is 0 Å². The number of benzene rings is 1. The van der Waals surface area contributed by atoms with Gasteiger partial charge in [-0.05, 0) is 36.6 Å². The summed E-state index contributed by atoms with van der Waals surface area (Å²) in [6.45, 7) is 0. The Balaban J connectivity index is 1.91. The van der Waals surface area contributed by atoms with Gasteiger partial charge in [0.2, 0.25) is 0 Å². The average Bonchev–Trinajstić information content (AvgIpc) is 3.14. The summed E-state index contributed by atoms with van der Waals surface area (Å²) in [6, 6.07) is 6.54. The molecule has 2 aromatic rings. The van der Waals surface area contributed by atoms with Crippen LogP contribution in [0.2, 0.25) is 0 Å². The predicted molar refractivity (Wildman–Crippen MR) is 88.9 cm³/mol. The van der Waals surface area contributed by atoms with Gasteiger partial charge in [-0.2, -0.15) is 0 Å². The maximum atomic E-state index is 5.52. The Morgan fingerprint density at radius 2 is 1.87 bits per heavy atom. The highest BCUT2D eigenvalue weighted by molar-refractivity contribution is 6.14. The molecule has 2 unspecified atom stereocenters. The second-order valence-electron chi connectivity index (χ2n) is 6.24. The SMILES string of the molecule is COc1cc2c(cc1OC)C1CCCCC1N=C2c1ccoc1. The van der Waals surface area contributed by atoms with E-state index in [2.05, 4.69) is 12.1 Å². The zero-order chi connectivity index (χ0) is 15.8. The Hall–Kier alpha value is -2.23. The van der Waals surface area contributed by atoms with Crippen molar-refractivity contribution in [3.05, 3.63) is 47.4 Å². The standard InChI is InChI=1S/C19H21NO3/c1-21-17-9-14-13-5-3-4-6-16(13)20-19(12-7-8-23-11-12)15(14)10-18(17)22-2/h7-11,13,16H,3-6H2,1-2H3. The smallest absolute Gasteiger partial charge is 0.161 e. The maximum absolute atomic E-state index is 5.52. The van der Waals surface area contributed by atoms with Gasteiger partial charge < -0.3 is 13.9 Å². The van der Waals surface area contributed by atoms with Gasteiger partial charge in [0.1, 0.15) is 0 Å². The van der Waals surface area contributed by atoms with Crippen LogP contribution in [0.4, 0.5) is 0 Å². The quantitative estimate of drug-likeness (QED) is 0.854. The lowest BCUT2D eigenvalue weighted by molar-refractivity contribution is 0.349. The van der Waals surface area contributed by atoms with Crippen LogP contribution < -0.4 is 9.47 Å². The van der Waals surface area contributed by atoms with Gasteiger partial charge >= 0.3 is 0 Å². The number of fused-ring (bicyclic) bond motifs is 3. The molecule has 0 bridgehead atoms. The van der Waals surface area contributed by atoms with Gasteiger partial charge in [0.25, 0.3) is 0 Å². The lowest BCUT2D eigenvalue weighted by Gasteiger charge is -2.35. The van der Waals surface area contributed by atoms with Crippen LogP contribution in [0, 0.1) is 0 Å². The van der Waals surface area contributed by atoms with Gasteiger partial charge in [0.05, 0.1) is 38.5 Å². The van der Waals surface area contributed by atoms with Crippen LogP contribution in [-0.4, -0.2) is 26.0 Å². The number of nitrogens with zero attached hydrogens (tertiary/aromatic N) is 1. The Kier molecular flexibility index (Phi) is 3.60. The summed E-state index contributed by atoms with van der Waals surface area (Å²) >= 11 is 0. The Bertz CT molecular complexity index is 733. The van der Waals surface area contributed by atoms with E-state index in [0.717, 1.165) is 34.8 Å². The van der Waals surface area contributed by atoms with Gasteiger partial charge in [-0.3, -0.25) is 4.99 Å². The lowest BCUT2D eigenvalue weighted by Crippen LogP contribution is -2.29. The summed E-state index contributed by atoms with van der Waals surface area (Å²) < 4.78 is 16.3. The van der Waals surface area contributed by atoms with E-state index in [1.807, 2.05) is 6.07 Å². The number of methoxy groups -OCH3 is 2. The summed E-state index contributed by atoms with van der Waals surface area (Å²) in [4.78, 5) is 5.08. The van der Waals surface area contributed by atoms with Gasteiger partial charge in [-0.25, -0.2) is 0 Å². The molecule has 4 rings (SSSR count). The van der Waals surface area contributed by atoms with E-state index in [9.17, 15) is 0 Å². The molecule has 1 aromatic heterocycles. The van der Waals surface area contributed by atoms with Crippen LogP contribution in [0.5, 0.6) is 11.5 Å². The summed E-state index contributed by atoms with van der Waals surface area (Å²) in [6.07, 6.45) is 8.33. The predicted octanol–water partition coefficient (Wildman–Crippen LogP) is 4.17. The normalized spacial score (nSPS) is 22.8. The molecule has 0 spiro atoms. The highest BCUT2D eigenvalue weighted by Gasteiger charge is 2.34. The zero-order valence-corrected chi connectivity index (χ0v) is 13.5. The van der Waals surface area contributed by atoms with Crippen LogP contribution in [0.1, 0.15) is 48.3 Å². The first kappa shape index (κ1) is 14.4. The maximum Gasteiger partial charge on any atom is 0.161 e. The van der Waals surface area contributed by atoms with Crippen molar-refractivity contribution in [3.8, 4) is 11.5 Å². The summed E-state index contributed by atoms with van der Waals surface area (Å²) in [5.74, 6) is 2.02. The van der Waals surface area contributed by atoms with E-state index >= 15 is 0 Å². The summed E-state index contributed by atoms with van der Waals surface area (Å²) in [7, 11) is 3.36. The number of aliphatic imine (C=N–C) groups is 1. The fourth-order valence-corrected chi connectivity index (χ4v) is 3.90. The van der Waals surface area contributed by atoms with Crippen LogP contribution in [-0.2, 0) is 0 Å². The van der Waals surface area contributed by atoms with Crippen LogP contribution in [0.25, 0.3) is 0 Å². The molecule has 23 heavy (non-hydrogen) atoms. The van der Waals surface area contributed by atoms with E-state index in [1.54, 1.807) is 26.7 Å². The number of rotatable bonds is 3. The molecule has 4 nitrogen and oxygen atoms in total. The first-order valence-electron chi connectivity index (χ1n) is 8.18. The average molecular weight is 311 g/mol. The fraction of sp³-hybridized carbons (Fsp3) is 0.421. The van der Waals surface area contributed by atoms with E-state index in [0.29, 0.717) is 12.0 Å². The van der Waals surface area contributed by atoms with Crippen molar-refractivity contribution in [2.45, 2.75) is 37.6 Å². The molecule has 2 heterocycles. The van der Waals surface area contributed by atoms with E-state index < -0.39 is 0 Å². The van der Waals surface area contributed by atoms with Crippen molar-refractivity contribution in [1.82, 2.24) is 0 Å². The monoisotopic (exact) mass is 311 g/mol. The topological polar surface area (TPSA) is 44.0 Å². The Morgan fingerprint density at radius 1 is 1.09 bits per heavy atom. The first-order chi connectivity index (χ1) is 11.3. The summed E-state index contributed by atoms with van der Waals surface area (Å²) in [5, 5.41) is 0. The van der Waals surface area contributed by atoms with E-state index in [-0.39, 0.29) is 0 Å². The molecule has 0 amide bonds. The van der Waals surface area contributed by atoms with Crippen molar-refractivity contribution >= 4 is 5.71 Å². The zero-order valence-electron chi connectivity index (χ0n) is 13.5. The third kappa shape index (κ3) is 2.33. The Morgan fingerprint density at radius 3 is 2.61 bits per heavy atom. The third-order valence-electron chi connectivity index (χ3n) is 5.03. The van der Waals surface area contributed by atoms with Gasteiger partial charge in [0.15, 0.2) is 11.5 Å². The fourth-order valence-electron chi connectivity index (χ4n) is 3.90. The minimum atomic E-state index is 0.360. The first-order valence-corrected chi connectivity index (χ1v) is 8.18. The second-order valence-corrected chi connectivity index (χ2v) is 6.24. The van der Waals surface area contributed by atoms with Crippen molar-refractivity contribution in [1.29, 1.82) is 0 Å². The number of furan rings is 1. The molecular formula is C19H21NO3. The van der Waals surface area contributed by atoms with Crippen LogP contribution >= 0.6 is 0 Å². The van der Waals surface area contributed by atoms with Gasteiger partial charge in [0, 0.05) is 17.0 Å². The molecule has 4 heteroatoms. The molecule has 1 aliphatic heterocycles. The molecule has 1 aliphatic carbocycles. The molecule has 2 atom stereocenters. The number of hydrogen-bond donors (Lipinski definition) is 0. The van der Waals surface area contributed by atoms with Crippen molar-refractivity contribution in [2.75, 3.05) is 14.2 Å².